The predicted octanol–water partition coefficient (Wildman–Crippen LogP) is 1.59. The molecule has 5 nitrogen and oxygen atoms in total. The molecule has 1 aromatic rings. The van der Waals surface area contributed by atoms with Crippen LogP contribution in [0.1, 0.15) is 34.8 Å². The van der Waals surface area contributed by atoms with Gasteiger partial charge in [-0.15, -0.1) is 0 Å². The van der Waals surface area contributed by atoms with E-state index >= 15 is 0 Å². The van der Waals surface area contributed by atoms with E-state index in [4.69, 9.17) is 0 Å². The Morgan fingerprint density at radius 3 is 2.43 bits per heavy atom. The molecule has 23 heavy (non-hydrogen) atoms. The van der Waals surface area contributed by atoms with E-state index in [9.17, 15) is 9.59 Å². The lowest BCUT2D eigenvalue weighted by Gasteiger charge is -2.34. The third kappa shape index (κ3) is 4.79. The monoisotopic (exact) mass is 317 g/mol. The molecule has 0 aromatic heterocycles. The van der Waals surface area contributed by atoms with E-state index in [0.29, 0.717) is 19.6 Å². The molecule has 1 aliphatic rings. The van der Waals surface area contributed by atoms with E-state index in [0.717, 1.165) is 37.2 Å². The first kappa shape index (κ1) is 17.5. The van der Waals surface area contributed by atoms with Gasteiger partial charge in [0.2, 0.25) is 5.91 Å². The average Bonchev–Trinajstić information content (AvgIpc) is 2.53. The smallest absolute Gasteiger partial charge is 0.254 e. The molecule has 126 valence electrons. The van der Waals surface area contributed by atoms with Gasteiger partial charge in [0.25, 0.3) is 5.91 Å². The summed E-state index contributed by atoms with van der Waals surface area (Å²) in [5, 5.41) is 2.89. The number of hydrogen-bond donors (Lipinski definition) is 1. The van der Waals surface area contributed by atoms with Gasteiger partial charge in [0.1, 0.15) is 0 Å². The molecule has 0 atom stereocenters. The molecular formula is C18H27N3O2. The number of nitrogens with zero attached hydrogens (tertiary/aromatic N) is 2. The van der Waals surface area contributed by atoms with Crippen molar-refractivity contribution in [3.05, 3.63) is 34.9 Å². The Morgan fingerprint density at radius 1 is 1.13 bits per heavy atom. The van der Waals surface area contributed by atoms with E-state index in [1.165, 1.54) is 5.56 Å². The van der Waals surface area contributed by atoms with Crippen molar-refractivity contribution in [1.29, 1.82) is 0 Å². The van der Waals surface area contributed by atoms with Crippen molar-refractivity contribution in [2.75, 3.05) is 39.3 Å². The Balaban J connectivity index is 1.86. The van der Waals surface area contributed by atoms with Gasteiger partial charge in [-0.25, -0.2) is 0 Å². The number of nitrogens with one attached hydrogen (secondary N) is 1. The van der Waals surface area contributed by atoms with Crippen LogP contribution in [-0.4, -0.2) is 60.9 Å². The molecule has 1 fully saturated rings. The summed E-state index contributed by atoms with van der Waals surface area (Å²) in [6.45, 7) is 10.0. The largest absolute Gasteiger partial charge is 0.355 e. The van der Waals surface area contributed by atoms with E-state index in [2.05, 4.69) is 10.2 Å². The maximum Gasteiger partial charge on any atom is 0.254 e. The van der Waals surface area contributed by atoms with Gasteiger partial charge in [0.15, 0.2) is 0 Å². The summed E-state index contributed by atoms with van der Waals surface area (Å²) in [6.07, 6.45) is 0.948. The molecule has 2 amide bonds. The predicted molar refractivity (Wildman–Crippen MR) is 91.6 cm³/mol. The zero-order valence-corrected chi connectivity index (χ0v) is 14.4. The van der Waals surface area contributed by atoms with Crippen LogP contribution in [0, 0.1) is 13.8 Å². The number of carbonyl (C=O) groups excluding carboxylic acids is 2. The second kappa shape index (κ2) is 8.11. The van der Waals surface area contributed by atoms with Crippen molar-refractivity contribution in [2.24, 2.45) is 0 Å². The lowest BCUT2D eigenvalue weighted by molar-refractivity contribution is -0.122. The fourth-order valence-electron chi connectivity index (χ4n) is 2.86. The van der Waals surface area contributed by atoms with E-state index in [-0.39, 0.29) is 11.8 Å². The Bertz CT molecular complexity index is 563. The van der Waals surface area contributed by atoms with Crippen LogP contribution in [0.5, 0.6) is 0 Å². The summed E-state index contributed by atoms with van der Waals surface area (Å²) < 4.78 is 0. The van der Waals surface area contributed by atoms with Gasteiger partial charge in [-0.05, 0) is 31.9 Å². The molecule has 0 saturated carbocycles. The summed E-state index contributed by atoms with van der Waals surface area (Å²) in [4.78, 5) is 28.4. The van der Waals surface area contributed by atoms with E-state index in [1.807, 2.05) is 43.9 Å². The molecule has 1 aliphatic heterocycles. The number of hydrogen-bond acceptors (Lipinski definition) is 3. The third-order valence-corrected chi connectivity index (χ3v) is 4.21. The summed E-state index contributed by atoms with van der Waals surface area (Å²) in [5.74, 6) is 0.165. The molecule has 2 rings (SSSR count). The summed E-state index contributed by atoms with van der Waals surface area (Å²) in [5.41, 5.74) is 2.98. The normalized spacial score (nSPS) is 15.5. The number of benzene rings is 1. The highest BCUT2D eigenvalue weighted by molar-refractivity contribution is 5.95. The number of piperazine rings is 1. The van der Waals surface area contributed by atoms with Gasteiger partial charge in [-0.1, -0.05) is 24.6 Å². The molecule has 5 heteroatoms. The van der Waals surface area contributed by atoms with Gasteiger partial charge < -0.3 is 10.2 Å². The summed E-state index contributed by atoms with van der Waals surface area (Å²) in [7, 11) is 0. The second-order valence-electron chi connectivity index (χ2n) is 6.24. The molecule has 1 saturated heterocycles. The van der Waals surface area contributed by atoms with Crippen LogP contribution in [0.3, 0.4) is 0 Å². The van der Waals surface area contributed by atoms with Gasteiger partial charge in [-0.3, -0.25) is 14.5 Å². The van der Waals surface area contributed by atoms with Crippen molar-refractivity contribution < 1.29 is 9.59 Å². The number of carbonyl (C=O) groups is 2. The van der Waals surface area contributed by atoms with Crippen LogP contribution in [0.2, 0.25) is 0 Å². The standard InChI is InChI=1S/C18H27N3O2/c1-4-7-19-17(22)13-20-8-10-21(11-9-20)18(23)16-6-5-14(2)12-15(16)3/h5-6,12H,4,7-11,13H2,1-3H3,(H,19,22). The Morgan fingerprint density at radius 2 is 1.83 bits per heavy atom. The van der Waals surface area contributed by atoms with Crippen LogP contribution < -0.4 is 5.32 Å². The van der Waals surface area contributed by atoms with Crippen molar-refractivity contribution in [1.82, 2.24) is 15.1 Å². The topological polar surface area (TPSA) is 52.7 Å². The molecule has 1 heterocycles. The van der Waals surface area contributed by atoms with Crippen molar-refractivity contribution in [3.8, 4) is 0 Å². The van der Waals surface area contributed by atoms with E-state index in [1.54, 1.807) is 0 Å². The first-order valence-electron chi connectivity index (χ1n) is 8.37. The van der Waals surface area contributed by atoms with Crippen LogP contribution >= 0.6 is 0 Å². The SMILES string of the molecule is CCCNC(=O)CN1CCN(C(=O)c2ccc(C)cc2C)CC1. The maximum atomic E-state index is 12.6. The van der Waals surface area contributed by atoms with E-state index < -0.39 is 0 Å². The zero-order chi connectivity index (χ0) is 16.8. The molecule has 1 aromatic carbocycles. The fourth-order valence-corrected chi connectivity index (χ4v) is 2.86. The molecule has 0 aliphatic carbocycles. The Labute approximate surface area is 138 Å². The first-order valence-corrected chi connectivity index (χ1v) is 8.37. The molecule has 0 unspecified atom stereocenters. The highest BCUT2D eigenvalue weighted by atomic mass is 16.2. The minimum absolute atomic E-state index is 0.0704. The van der Waals surface area contributed by atoms with Gasteiger partial charge >= 0.3 is 0 Å². The van der Waals surface area contributed by atoms with Gasteiger partial charge in [-0.2, -0.15) is 0 Å². The quantitative estimate of drug-likeness (QED) is 0.897. The Hall–Kier alpha value is -1.88. The number of aryl methyl sites for hydroxylation is 2. The molecule has 0 bridgehead atoms. The molecular weight excluding hydrogens is 290 g/mol. The summed E-state index contributed by atoms with van der Waals surface area (Å²) in [6, 6.07) is 5.94. The van der Waals surface area contributed by atoms with Gasteiger partial charge in [0.05, 0.1) is 6.54 Å². The van der Waals surface area contributed by atoms with Crippen LogP contribution in [0.25, 0.3) is 0 Å². The molecule has 0 spiro atoms. The first-order chi connectivity index (χ1) is 11.0. The minimum Gasteiger partial charge on any atom is -0.355 e. The summed E-state index contributed by atoms with van der Waals surface area (Å²) >= 11 is 0. The van der Waals surface area contributed by atoms with Crippen LogP contribution in [0.4, 0.5) is 0 Å². The Kier molecular flexibility index (Phi) is 6.16. The highest BCUT2D eigenvalue weighted by Crippen LogP contribution is 2.14. The van der Waals surface area contributed by atoms with Crippen molar-refractivity contribution >= 4 is 11.8 Å². The molecule has 0 radical (unpaired) electrons. The van der Waals surface area contributed by atoms with Crippen molar-refractivity contribution in [2.45, 2.75) is 27.2 Å². The van der Waals surface area contributed by atoms with Crippen LogP contribution in [0.15, 0.2) is 18.2 Å². The highest BCUT2D eigenvalue weighted by Gasteiger charge is 2.23. The van der Waals surface area contributed by atoms with Gasteiger partial charge in [0, 0.05) is 38.3 Å². The third-order valence-electron chi connectivity index (χ3n) is 4.21. The molecule has 1 N–H and O–H groups in total. The average molecular weight is 317 g/mol. The lowest BCUT2D eigenvalue weighted by Crippen LogP contribution is -2.51. The minimum atomic E-state index is 0.0704. The second-order valence-corrected chi connectivity index (χ2v) is 6.24. The fraction of sp³-hybridized carbons (Fsp3) is 0.556. The number of amides is 2. The maximum absolute atomic E-state index is 12.6. The van der Waals surface area contributed by atoms with Crippen molar-refractivity contribution in [3.63, 3.8) is 0 Å². The zero-order valence-electron chi connectivity index (χ0n) is 14.4. The number of rotatable bonds is 5. The van der Waals surface area contributed by atoms with Crippen LogP contribution in [-0.2, 0) is 4.79 Å². The lowest BCUT2D eigenvalue weighted by atomic mass is 10.0.